The molecule has 0 radical (unpaired) electrons. The molecule has 2 saturated carbocycles. The minimum absolute atomic E-state index is 0.183. The summed E-state index contributed by atoms with van der Waals surface area (Å²) in [5, 5.41) is 0. The molecule has 5 atom stereocenters. The molecule has 0 amide bonds. The summed E-state index contributed by atoms with van der Waals surface area (Å²) in [7, 11) is 0. The van der Waals surface area contributed by atoms with Crippen molar-refractivity contribution in [3.8, 4) is 0 Å². The molecule has 3 aliphatic carbocycles. The molecule has 0 heteroatoms. The fraction of sp³-hybridized carbons (Fsp3) is 0.739. The van der Waals surface area contributed by atoms with Crippen LogP contribution in [-0.4, -0.2) is 0 Å². The van der Waals surface area contributed by atoms with E-state index in [9.17, 15) is 0 Å². The van der Waals surface area contributed by atoms with Gasteiger partial charge in [0, 0.05) is 5.41 Å². The van der Waals surface area contributed by atoms with Gasteiger partial charge in [0.25, 0.3) is 0 Å². The Labute approximate surface area is 144 Å². The van der Waals surface area contributed by atoms with Crippen LogP contribution in [0.25, 0.3) is 0 Å². The van der Waals surface area contributed by atoms with E-state index >= 15 is 0 Å². The van der Waals surface area contributed by atoms with E-state index in [0.29, 0.717) is 11.3 Å². The van der Waals surface area contributed by atoms with Crippen molar-refractivity contribution in [2.45, 2.75) is 80.1 Å². The van der Waals surface area contributed by atoms with Crippen molar-refractivity contribution in [1.82, 2.24) is 0 Å². The molecule has 0 aliphatic heterocycles. The summed E-state index contributed by atoms with van der Waals surface area (Å²) in [6.07, 6.45) is 10.4. The van der Waals surface area contributed by atoms with E-state index in [1.54, 1.807) is 16.7 Å². The summed E-state index contributed by atoms with van der Waals surface area (Å²) in [6.45, 7) is 19.6. The third kappa shape index (κ3) is 2.24. The zero-order valence-electron chi connectivity index (χ0n) is 16.3. The highest BCUT2D eigenvalue weighted by molar-refractivity contribution is 5.51. The molecule has 3 rings (SSSR count). The Kier molecular flexibility index (Phi) is 4.18. The lowest BCUT2D eigenvalue weighted by molar-refractivity contribution is 0.0506. The van der Waals surface area contributed by atoms with Crippen LogP contribution in [0.4, 0.5) is 0 Å². The first-order valence-electron chi connectivity index (χ1n) is 9.82. The van der Waals surface area contributed by atoms with E-state index in [4.69, 9.17) is 6.58 Å². The molecule has 0 N–H and O–H groups in total. The molecular weight excluding hydrogens is 276 g/mol. The number of rotatable bonds is 0. The van der Waals surface area contributed by atoms with Gasteiger partial charge in [-0.2, -0.15) is 0 Å². The van der Waals surface area contributed by atoms with Gasteiger partial charge in [-0.25, -0.2) is 0 Å². The summed E-state index contributed by atoms with van der Waals surface area (Å²) < 4.78 is 0. The average molecular weight is 313 g/mol. The van der Waals surface area contributed by atoms with E-state index < -0.39 is 0 Å². The van der Waals surface area contributed by atoms with Crippen LogP contribution in [-0.2, 0) is 0 Å². The second-order valence-electron chi connectivity index (χ2n) is 9.25. The van der Waals surface area contributed by atoms with Gasteiger partial charge in [-0.05, 0) is 73.3 Å². The molecule has 0 saturated heterocycles. The smallest absolute Gasteiger partial charge is 0.0189 e. The van der Waals surface area contributed by atoms with Crippen LogP contribution in [0.5, 0.6) is 0 Å². The first-order chi connectivity index (χ1) is 10.7. The molecule has 0 aromatic heterocycles. The lowest BCUT2D eigenvalue weighted by Crippen LogP contribution is -2.48. The Balaban J connectivity index is 2.21. The van der Waals surface area contributed by atoms with Gasteiger partial charge in [-0.15, -0.1) is 0 Å². The molecule has 0 spiro atoms. The van der Waals surface area contributed by atoms with Crippen molar-refractivity contribution in [1.29, 1.82) is 0 Å². The highest BCUT2D eigenvalue weighted by Gasteiger charge is 2.60. The largest absolute Gasteiger partial charge is 0.0947 e. The molecule has 2 bridgehead atoms. The molecule has 3 aliphatic rings. The van der Waals surface area contributed by atoms with Crippen molar-refractivity contribution >= 4 is 0 Å². The molecule has 23 heavy (non-hydrogen) atoms. The van der Waals surface area contributed by atoms with Gasteiger partial charge in [0.15, 0.2) is 0 Å². The first-order valence-corrected chi connectivity index (χ1v) is 9.82. The SMILES string of the molecule is C=C1/C2=C\C[C@@H](C)CCC/C(C)=C3/CC[C@](C)([C@@H](C)[C@@H]2C)[C@]13C. The average Bonchev–Trinajstić information content (AvgIpc) is 2.78. The third-order valence-electron chi connectivity index (χ3n) is 8.34. The molecular formula is C23H36. The van der Waals surface area contributed by atoms with Crippen molar-refractivity contribution in [2.75, 3.05) is 0 Å². The van der Waals surface area contributed by atoms with Crippen molar-refractivity contribution in [3.63, 3.8) is 0 Å². The Morgan fingerprint density at radius 1 is 1.13 bits per heavy atom. The third-order valence-corrected chi connectivity index (χ3v) is 8.34. The van der Waals surface area contributed by atoms with Crippen LogP contribution >= 0.6 is 0 Å². The molecule has 128 valence electrons. The van der Waals surface area contributed by atoms with Gasteiger partial charge < -0.3 is 0 Å². The molecule has 0 unspecified atom stereocenters. The predicted molar refractivity (Wildman–Crippen MR) is 101 cm³/mol. The van der Waals surface area contributed by atoms with E-state index in [-0.39, 0.29) is 5.41 Å². The van der Waals surface area contributed by atoms with E-state index in [0.717, 1.165) is 11.8 Å². The van der Waals surface area contributed by atoms with Crippen LogP contribution in [0.1, 0.15) is 80.1 Å². The fourth-order valence-electron chi connectivity index (χ4n) is 6.09. The van der Waals surface area contributed by atoms with E-state index in [1.165, 1.54) is 44.1 Å². The van der Waals surface area contributed by atoms with Gasteiger partial charge in [0.1, 0.15) is 0 Å². The van der Waals surface area contributed by atoms with Crippen LogP contribution < -0.4 is 0 Å². The summed E-state index contributed by atoms with van der Waals surface area (Å²) in [4.78, 5) is 0. The summed E-state index contributed by atoms with van der Waals surface area (Å²) >= 11 is 0. The van der Waals surface area contributed by atoms with Crippen LogP contribution in [0.3, 0.4) is 0 Å². The summed E-state index contributed by atoms with van der Waals surface area (Å²) in [5.41, 5.74) is 7.00. The summed E-state index contributed by atoms with van der Waals surface area (Å²) in [5.74, 6) is 2.17. The van der Waals surface area contributed by atoms with Gasteiger partial charge in [-0.1, -0.05) is 64.8 Å². The highest BCUT2D eigenvalue weighted by Crippen LogP contribution is 2.69. The molecule has 0 heterocycles. The lowest BCUT2D eigenvalue weighted by Gasteiger charge is -2.55. The molecule has 0 nitrogen and oxygen atoms in total. The monoisotopic (exact) mass is 312 g/mol. The van der Waals surface area contributed by atoms with Gasteiger partial charge >= 0.3 is 0 Å². The van der Waals surface area contributed by atoms with Gasteiger partial charge in [0.05, 0.1) is 0 Å². The van der Waals surface area contributed by atoms with Crippen LogP contribution in [0.15, 0.2) is 34.9 Å². The maximum Gasteiger partial charge on any atom is 0.0189 e. The van der Waals surface area contributed by atoms with Gasteiger partial charge in [0.2, 0.25) is 0 Å². The highest BCUT2D eigenvalue weighted by atomic mass is 14.6. The summed E-state index contributed by atoms with van der Waals surface area (Å²) in [6, 6.07) is 0. The Hall–Kier alpha value is -0.780. The standard InChI is InChI=1S/C23H36/c1-15-9-8-10-16(2)21-13-14-22(6)18(4)17(3)20(12-11-15)19(5)23(21,22)7/h12,15,17-18H,5,8-11,13-14H2,1-4,6-7H3/b20-12-,21-16-/t15-,17-,18-,22+,23+/m0/s1. The van der Waals surface area contributed by atoms with Gasteiger partial charge in [-0.3, -0.25) is 0 Å². The van der Waals surface area contributed by atoms with Crippen molar-refractivity contribution in [3.05, 3.63) is 34.9 Å². The van der Waals surface area contributed by atoms with Crippen LogP contribution in [0.2, 0.25) is 0 Å². The second-order valence-corrected chi connectivity index (χ2v) is 9.25. The fourth-order valence-corrected chi connectivity index (χ4v) is 6.09. The topological polar surface area (TPSA) is 0 Å². The maximum atomic E-state index is 4.70. The minimum atomic E-state index is 0.183. The number of fused-ring (bicyclic) bond motifs is 1. The molecule has 0 aromatic carbocycles. The zero-order chi connectivity index (χ0) is 17.0. The molecule has 2 fully saturated rings. The number of allylic oxidation sites excluding steroid dienone is 5. The van der Waals surface area contributed by atoms with E-state index in [1.807, 2.05) is 0 Å². The zero-order valence-corrected chi connectivity index (χ0v) is 16.3. The number of hydrogen-bond acceptors (Lipinski definition) is 0. The Morgan fingerprint density at radius 3 is 2.52 bits per heavy atom. The second kappa shape index (κ2) is 5.64. The Morgan fingerprint density at radius 2 is 1.83 bits per heavy atom. The van der Waals surface area contributed by atoms with Crippen molar-refractivity contribution < 1.29 is 0 Å². The van der Waals surface area contributed by atoms with E-state index in [2.05, 4.69) is 47.6 Å². The predicted octanol–water partition coefficient (Wildman–Crippen LogP) is 7.09. The van der Waals surface area contributed by atoms with Crippen molar-refractivity contribution in [2.24, 2.45) is 28.6 Å². The quantitative estimate of drug-likeness (QED) is 0.419. The number of hydrogen-bond donors (Lipinski definition) is 0. The minimum Gasteiger partial charge on any atom is -0.0947 e. The lowest BCUT2D eigenvalue weighted by atomic mass is 9.48. The Bertz CT molecular complexity index is 575. The maximum absolute atomic E-state index is 4.70. The first kappa shape index (κ1) is 17.1. The normalized spacial score (nSPS) is 50.3. The van der Waals surface area contributed by atoms with Crippen LogP contribution in [0, 0.1) is 28.6 Å². The molecule has 0 aromatic rings.